The van der Waals surface area contributed by atoms with E-state index in [0.717, 1.165) is 42.6 Å². The Morgan fingerprint density at radius 2 is 1.65 bits per heavy atom. The fourth-order valence-corrected chi connectivity index (χ4v) is 10.8. The molecule has 3 aliphatic heterocycles. The average molecular weight is 376 g/mol. The molecule has 0 aromatic heterocycles. The van der Waals surface area contributed by atoms with Crippen LogP contribution in [0.1, 0.15) is 49.7 Å². The minimum Gasteiger partial charge on any atom is -0.496 e. The second kappa shape index (κ2) is 3.94. The standard InChI is InChI=1S/C19H21O6P/c1-23-14-12(17-6-9-2-10(7-17)4-11(3-9)8-17)5-13-15-16(14)26(15,22)19(21)18(13,20)24-25-19/h5,9-11,20-21H,2-4,6-8H2,1H3. The Kier molecular flexibility index (Phi) is 2.28. The van der Waals surface area contributed by atoms with E-state index in [4.69, 9.17) is 14.5 Å². The predicted octanol–water partition coefficient (Wildman–Crippen LogP) is 1.56. The normalized spacial score (nSPS) is 53.9. The van der Waals surface area contributed by atoms with Crippen LogP contribution < -0.4 is 15.3 Å². The average Bonchev–Trinajstić information content (AvgIpc) is 3.21. The maximum Gasteiger partial charge on any atom is 0.321 e. The number of aliphatic hydroxyl groups is 2. The van der Waals surface area contributed by atoms with Crippen molar-refractivity contribution in [1.29, 1.82) is 0 Å². The van der Waals surface area contributed by atoms with Gasteiger partial charge in [-0.25, -0.2) is 0 Å². The fraction of sp³-hybridized carbons (Fsp3) is 0.684. The van der Waals surface area contributed by atoms with Crippen LogP contribution in [0.5, 0.6) is 5.75 Å². The molecule has 3 heterocycles. The van der Waals surface area contributed by atoms with Crippen LogP contribution in [0.2, 0.25) is 0 Å². The number of methoxy groups -OCH3 is 1. The first-order valence-corrected chi connectivity index (χ1v) is 11.3. The van der Waals surface area contributed by atoms with Crippen LogP contribution in [0.15, 0.2) is 6.07 Å². The maximum absolute atomic E-state index is 13.5. The summed E-state index contributed by atoms with van der Waals surface area (Å²) in [6, 6.07) is 1.91. The smallest absolute Gasteiger partial charge is 0.321 e. The van der Waals surface area contributed by atoms with Crippen LogP contribution in [0.4, 0.5) is 0 Å². The highest BCUT2D eigenvalue weighted by Gasteiger charge is 2.88. The van der Waals surface area contributed by atoms with Crippen molar-refractivity contribution in [2.24, 2.45) is 17.8 Å². The van der Waals surface area contributed by atoms with Gasteiger partial charge in [-0.3, -0.25) is 0 Å². The zero-order valence-corrected chi connectivity index (χ0v) is 15.4. The molecule has 0 radical (unpaired) electrons. The molecular weight excluding hydrogens is 355 g/mol. The Hall–Kier alpha value is -0.910. The summed E-state index contributed by atoms with van der Waals surface area (Å²) in [5.41, 5.74) is -0.645. The van der Waals surface area contributed by atoms with Crippen LogP contribution in [-0.2, 0) is 25.5 Å². The van der Waals surface area contributed by atoms with Gasteiger partial charge in [-0.15, -0.1) is 0 Å². The Morgan fingerprint density at radius 1 is 1.04 bits per heavy atom. The topological polar surface area (TPSA) is 85.2 Å². The van der Waals surface area contributed by atoms with E-state index < -0.39 is 18.5 Å². The number of ether oxygens (including phenoxy) is 1. The molecule has 3 unspecified atom stereocenters. The van der Waals surface area contributed by atoms with E-state index in [1.54, 1.807) is 7.11 Å². The summed E-state index contributed by atoms with van der Waals surface area (Å²) < 4.78 is 19.3. The number of fused-ring (bicyclic) bond motifs is 4. The van der Waals surface area contributed by atoms with Gasteiger partial charge in [0.25, 0.3) is 5.79 Å². The first-order valence-electron chi connectivity index (χ1n) is 9.55. The van der Waals surface area contributed by atoms with E-state index in [1.165, 1.54) is 19.3 Å². The summed E-state index contributed by atoms with van der Waals surface area (Å²) in [7, 11) is -1.77. The lowest BCUT2D eigenvalue weighted by molar-refractivity contribution is -0.631. The Bertz CT molecular complexity index is 921. The van der Waals surface area contributed by atoms with Gasteiger partial charge in [0.15, 0.2) is 0 Å². The molecule has 1 saturated heterocycles. The third-order valence-electron chi connectivity index (χ3n) is 8.13. The second-order valence-electron chi connectivity index (χ2n) is 9.43. The zero-order valence-electron chi connectivity index (χ0n) is 14.5. The van der Waals surface area contributed by atoms with Crippen molar-refractivity contribution in [2.45, 2.75) is 55.3 Å². The van der Waals surface area contributed by atoms with Crippen molar-refractivity contribution in [3.63, 3.8) is 0 Å². The summed E-state index contributed by atoms with van der Waals surface area (Å²) in [6.07, 6.45) is 7.41. The molecule has 0 spiro atoms. The number of hydrogen-bond acceptors (Lipinski definition) is 6. The lowest BCUT2D eigenvalue weighted by Gasteiger charge is -2.57. The number of hydrogen-bond donors (Lipinski definition) is 2. The van der Waals surface area contributed by atoms with Crippen LogP contribution in [0, 0.1) is 17.8 Å². The van der Waals surface area contributed by atoms with Gasteiger partial charge in [0.1, 0.15) is 5.75 Å². The monoisotopic (exact) mass is 376 g/mol. The molecule has 0 amide bonds. The largest absolute Gasteiger partial charge is 0.496 e. The van der Waals surface area contributed by atoms with Gasteiger partial charge in [-0.1, -0.05) is 0 Å². The summed E-state index contributed by atoms with van der Waals surface area (Å²) in [4.78, 5) is 9.70. The van der Waals surface area contributed by atoms with Crippen LogP contribution in [-0.4, -0.2) is 22.9 Å². The molecule has 138 valence electrons. The SMILES string of the molecule is COc1c(C23CC4CC(CC(C4)C2)C3)cc2c3c1P3(=O)C1(O)OOC21O. The van der Waals surface area contributed by atoms with E-state index in [0.29, 0.717) is 21.9 Å². The highest BCUT2D eigenvalue weighted by molar-refractivity contribution is 7.91. The van der Waals surface area contributed by atoms with Gasteiger partial charge >= 0.3 is 5.53 Å². The molecule has 1 aromatic carbocycles. The Balaban J connectivity index is 1.48. The molecular formula is C19H21O6P. The first kappa shape index (κ1) is 15.1. The zero-order chi connectivity index (χ0) is 17.7. The summed E-state index contributed by atoms with van der Waals surface area (Å²) in [5.74, 6) is 0.928. The fourth-order valence-electron chi connectivity index (χ4n) is 7.47. The van der Waals surface area contributed by atoms with Gasteiger partial charge in [0.2, 0.25) is 7.14 Å². The van der Waals surface area contributed by atoms with Gasteiger partial charge in [-0.2, -0.15) is 9.78 Å². The third kappa shape index (κ3) is 1.25. The van der Waals surface area contributed by atoms with Crippen LogP contribution >= 0.6 is 7.14 Å². The van der Waals surface area contributed by atoms with Gasteiger partial charge in [0, 0.05) is 16.4 Å². The predicted molar refractivity (Wildman–Crippen MR) is 90.7 cm³/mol. The molecule has 4 aliphatic carbocycles. The van der Waals surface area contributed by atoms with E-state index in [9.17, 15) is 14.8 Å². The van der Waals surface area contributed by atoms with Crippen molar-refractivity contribution in [3.8, 4) is 5.75 Å². The van der Waals surface area contributed by atoms with Crippen molar-refractivity contribution in [1.82, 2.24) is 0 Å². The van der Waals surface area contributed by atoms with Crippen LogP contribution in [0.3, 0.4) is 0 Å². The lowest BCUT2D eigenvalue weighted by Crippen LogP contribution is -2.62. The van der Waals surface area contributed by atoms with E-state index >= 15 is 0 Å². The molecule has 8 rings (SSSR count). The second-order valence-corrected chi connectivity index (χ2v) is 12.1. The number of benzene rings is 1. The number of rotatable bonds is 2. The first-order chi connectivity index (χ1) is 12.4. The van der Waals surface area contributed by atoms with Crippen molar-refractivity contribution in [3.05, 3.63) is 17.2 Å². The Labute approximate surface area is 150 Å². The van der Waals surface area contributed by atoms with Crippen molar-refractivity contribution in [2.75, 3.05) is 7.11 Å². The molecule has 2 N–H and O–H groups in total. The molecule has 7 heteroatoms. The van der Waals surface area contributed by atoms with E-state index in [2.05, 4.69) is 0 Å². The molecule has 6 nitrogen and oxygen atoms in total. The summed E-state index contributed by atoms with van der Waals surface area (Å²) >= 11 is 0. The molecule has 26 heavy (non-hydrogen) atoms. The maximum atomic E-state index is 13.5. The highest BCUT2D eigenvalue weighted by atomic mass is 31.2. The molecule has 5 fully saturated rings. The highest BCUT2D eigenvalue weighted by Crippen LogP contribution is 2.81. The third-order valence-corrected chi connectivity index (χ3v) is 11.3. The molecule has 7 aliphatic rings. The van der Waals surface area contributed by atoms with Crippen molar-refractivity contribution < 1.29 is 29.3 Å². The van der Waals surface area contributed by atoms with E-state index in [1.807, 2.05) is 6.07 Å². The quantitative estimate of drug-likeness (QED) is 0.602. The minimum absolute atomic E-state index is 0.0354. The van der Waals surface area contributed by atoms with Gasteiger partial charge in [-0.05, 0) is 67.8 Å². The van der Waals surface area contributed by atoms with E-state index in [-0.39, 0.29) is 5.41 Å². The minimum atomic E-state index is -3.38. The lowest BCUT2D eigenvalue weighted by atomic mass is 9.48. The summed E-state index contributed by atoms with van der Waals surface area (Å²) in [5, 5.41) is 22.6. The summed E-state index contributed by atoms with van der Waals surface area (Å²) in [6.45, 7) is 0. The van der Waals surface area contributed by atoms with Crippen molar-refractivity contribution >= 4 is 17.8 Å². The molecule has 4 saturated carbocycles. The molecule has 3 atom stereocenters. The van der Waals surface area contributed by atoms with Crippen LogP contribution in [0.25, 0.3) is 0 Å². The molecule has 4 bridgehead atoms. The molecule has 1 aromatic rings. The van der Waals surface area contributed by atoms with Gasteiger partial charge < -0.3 is 19.5 Å². The Morgan fingerprint density at radius 3 is 2.15 bits per heavy atom. The van der Waals surface area contributed by atoms with Gasteiger partial charge in [0.05, 0.1) is 12.4 Å².